The standard InChI is InChI=1S/C23H41ClO2/c1-23(15-11-7-2-3-8-12-16-23)18-25-20-14-10-6-4-5-9-13-19(20)17-21-22(24)26-21/h19-22H,2-18H2,1H3. The van der Waals surface area contributed by atoms with Crippen molar-refractivity contribution in [3.63, 3.8) is 0 Å². The van der Waals surface area contributed by atoms with Crippen LogP contribution in [0.25, 0.3) is 0 Å². The molecule has 0 amide bonds. The largest absolute Gasteiger partial charge is 0.377 e. The van der Waals surface area contributed by atoms with Crippen molar-refractivity contribution in [1.82, 2.24) is 0 Å². The highest BCUT2D eigenvalue weighted by Gasteiger charge is 2.40. The summed E-state index contributed by atoms with van der Waals surface area (Å²) >= 11 is 6.13. The highest BCUT2D eigenvalue weighted by atomic mass is 35.5. The van der Waals surface area contributed by atoms with E-state index in [4.69, 9.17) is 21.1 Å². The first-order valence-corrected chi connectivity index (χ1v) is 12.0. The molecule has 0 aromatic heterocycles. The Morgan fingerprint density at radius 3 is 2.00 bits per heavy atom. The van der Waals surface area contributed by atoms with E-state index in [9.17, 15) is 0 Å². The van der Waals surface area contributed by atoms with Gasteiger partial charge in [0.2, 0.25) is 0 Å². The zero-order valence-electron chi connectivity index (χ0n) is 17.0. The van der Waals surface area contributed by atoms with E-state index < -0.39 is 0 Å². The Labute approximate surface area is 166 Å². The van der Waals surface area contributed by atoms with E-state index in [2.05, 4.69) is 6.92 Å². The predicted octanol–water partition coefficient (Wildman–Crippen LogP) is 7.23. The number of rotatable bonds is 5. The van der Waals surface area contributed by atoms with E-state index >= 15 is 0 Å². The summed E-state index contributed by atoms with van der Waals surface area (Å²) in [7, 11) is 0. The summed E-state index contributed by atoms with van der Waals surface area (Å²) in [6, 6.07) is 0. The van der Waals surface area contributed by atoms with Crippen molar-refractivity contribution in [2.24, 2.45) is 11.3 Å². The summed E-state index contributed by atoms with van der Waals surface area (Å²) in [5, 5.41) is 0. The SMILES string of the molecule is CC1(COC2CCCCCCCC2CC2OC2Cl)CCCCCCCC1. The Bertz CT molecular complexity index is 390. The molecule has 3 fully saturated rings. The Balaban J connectivity index is 1.56. The number of ether oxygens (including phenoxy) is 2. The Hall–Kier alpha value is 0.210. The smallest absolute Gasteiger partial charge is 0.157 e. The summed E-state index contributed by atoms with van der Waals surface area (Å²) in [6.45, 7) is 3.45. The summed E-state index contributed by atoms with van der Waals surface area (Å²) in [5.41, 5.74) is 0.355. The summed E-state index contributed by atoms with van der Waals surface area (Å²) in [4.78, 5) is 0. The van der Waals surface area contributed by atoms with Crippen molar-refractivity contribution in [3.05, 3.63) is 0 Å². The normalized spacial score (nSPS) is 36.7. The maximum Gasteiger partial charge on any atom is 0.157 e. The summed E-state index contributed by atoms with van der Waals surface area (Å²) < 4.78 is 12.3. The molecule has 3 heteroatoms. The van der Waals surface area contributed by atoms with Crippen LogP contribution in [-0.4, -0.2) is 24.4 Å². The van der Waals surface area contributed by atoms with Crippen molar-refractivity contribution in [2.75, 3.05) is 6.61 Å². The molecule has 2 aliphatic carbocycles. The maximum atomic E-state index is 6.73. The van der Waals surface area contributed by atoms with Gasteiger partial charge in [-0.25, -0.2) is 0 Å². The van der Waals surface area contributed by atoms with E-state index in [0.717, 1.165) is 13.0 Å². The Kier molecular flexibility index (Phi) is 8.59. The molecule has 0 N–H and O–H groups in total. The number of halogens is 1. The number of hydrogen-bond donors (Lipinski definition) is 0. The van der Waals surface area contributed by atoms with E-state index in [1.165, 1.54) is 96.3 Å². The predicted molar refractivity (Wildman–Crippen MR) is 110 cm³/mol. The summed E-state index contributed by atoms with van der Waals surface area (Å²) in [5.74, 6) is 0.641. The van der Waals surface area contributed by atoms with Crippen LogP contribution < -0.4 is 0 Å². The third-order valence-electron chi connectivity index (χ3n) is 7.10. The van der Waals surface area contributed by atoms with Gasteiger partial charge in [0.25, 0.3) is 0 Å². The average molecular weight is 385 g/mol. The van der Waals surface area contributed by atoms with Gasteiger partial charge in [-0.15, -0.1) is 0 Å². The van der Waals surface area contributed by atoms with Crippen LogP contribution in [0.1, 0.15) is 110 Å². The molecule has 0 bridgehead atoms. The third kappa shape index (κ3) is 6.99. The average Bonchev–Trinajstić information content (AvgIpc) is 3.26. The molecule has 3 aliphatic rings. The lowest BCUT2D eigenvalue weighted by Gasteiger charge is -2.34. The number of alkyl halides is 1. The number of hydrogen-bond acceptors (Lipinski definition) is 2. The monoisotopic (exact) mass is 384 g/mol. The second-order valence-electron chi connectivity index (χ2n) is 9.65. The van der Waals surface area contributed by atoms with Gasteiger partial charge in [0.15, 0.2) is 5.56 Å². The van der Waals surface area contributed by atoms with Gasteiger partial charge in [-0.3, -0.25) is 0 Å². The van der Waals surface area contributed by atoms with Gasteiger partial charge >= 0.3 is 0 Å². The molecule has 4 unspecified atom stereocenters. The molecule has 0 aromatic rings. The molecule has 0 spiro atoms. The van der Waals surface area contributed by atoms with E-state index in [1.807, 2.05) is 0 Å². The lowest BCUT2D eigenvalue weighted by atomic mass is 9.81. The molecular weight excluding hydrogens is 344 g/mol. The second kappa shape index (κ2) is 10.7. The minimum atomic E-state index is -0.0323. The third-order valence-corrected chi connectivity index (χ3v) is 7.49. The molecule has 0 aromatic carbocycles. The van der Waals surface area contributed by atoms with Crippen molar-refractivity contribution < 1.29 is 9.47 Å². The first-order valence-electron chi connectivity index (χ1n) is 11.6. The first kappa shape index (κ1) is 20.9. The topological polar surface area (TPSA) is 21.8 Å². The molecule has 2 nitrogen and oxygen atoms in total. The molecule has 3 rings (SSSR count). The lowest BCUT2D eigenvalue weighted by molar-refractivity contribution is -0.0474. The molecule has 152 valence electrons. The van der Waals surface area contributed by atoms with Crippen molar-refractivity contribution in [1.29, 1.82) is 0 Å². The van der Waals surface area contributed by atoms with E-state index in [0.29, 0.717) is 17.4 Å². The molecule has 2 saturated carbocycles. The van der Waals surface area contributed by atoms with Crippen molar-refractivity contribution in [3.8, 4) is 0 Å². The Morgan fingerprint density at radius 2 is 1.38 bits per heavy atom. The quantitative estimate of drug-likeness (QED) is 0.368. The lowest BCUT2D eigenvalue weighted by Crippen LogP contribution is -2.32. The zero-order valence-corrected chi connectivity index (χ0v) is 17.8. The van der Waals surface area contributed by atoms with Crippen LogP contribution in [0.15, 0.2) is 0 Å². The van der Waals surface area contributed by atoms with E-state index in [1.54, 1.807) is 0 Å². The molecule has 1 saturated heterocycles. The van der Waals surface area contributed by atoms with Gasteiger partial charge in [-0.05, 0) is 43.4 Å². The highest BCUT2D eigenvalue weighted by Crippen LogP contribution is 2.39. The zero-order chi connectivity index (χ0) is 18.2. The van der Waals surface area contributed by atoms with Gasteiger partial charge < -0.3 is 9.47 Å². The van der Waals surface area contributed by atoms with E-state index in [-0.39, 0.29) is 11.7 Å². The van der Waals surface area contributed by atoms with Gasteiger partial charge in [0.1, 0.15) is 6.10 Å². The molecule has 1 aliphatic heterocycles. The van der Waals surface area contributed by atoms with Crippen LogP contribution in [0.3, 0.4) is 0 Å². The minimum Gasteiger partial charge on any atom is -0.377 e. The Morgan fingerprint density at radius 1 is 0.846 bits per heavy atom. The molecule has 4 atom stereocenters. The number of epoxide rings is 1. The molecule has 1 heterocycles. The molecule has 0 radical (unpaired) electrons. The van der Waals surface area contributed by atoms with Gasteiger partial charge in [-0.2, -0.15) is 0 Å². The van der Waals surface area contributed by atoms with Crippen LogP contribution in [0, 0.1) is 11.3 Å². The van der Waals surface area contributed by atoms with Crippen LogP contribution in [0.2, 0.25) is 0 Å². The van der Waals surface area contributed by atoms with Crippen LogP contribution >= 0.6 is 11.6 Å². The summed E-state index contributed by atoms with van der Waals surface area (Å²) in [6.07, 6.45) is 22.3. The molecular formula is C23H41ClO2. The highest BCUT2D eigenvalue weighted by molar-refractivity contribution is 6.21. The fourth-order valence-corrected chi connectivity index (χ4v) is 5.40. The van der Waals surface area contributed by atoms with Crippen molar-refractivity contribution >= 4 is 11.6 Å². The van der Waals surface area contributed by atoms with Crippen LogP contribution in [0.4, 0.5) is 0 Å². The second-order valence-corrected chi connectivity index (χ2v) is 10.1. The van der Waals surface area contributed by atoms with Crippen LogP contribution in [0.5, 0.6) is 0 Å². The van der Waals surface area contributed by atoms with Gasteiger partial charge in [0.05, 0.1) is 12.7 Å². The van der Waals surface area contributed by atoms with Gasteiger partial charge in [0, 0.05) is 0 Å². The minimum absolute atomic E-state index is 0.0323. The first-order chi connectivity index (χ1) is 12.7. The maximum absolute atomic E-state index is 6.73. The van der Waals surface area contributed by atoms with Gasteiger partial charge in [-0.1, -0.05) is 89.2 Å². The molecule has 26 heavy (non-hydrogen) atoms. The fraction of sp³-hybridized carbons (Fsp3) is 1.00. The van der Waals surface area contributed by atoms with Crippen molar-refractivity contribution in [2.45, 2.75) is 127 Å². The van der Waals surface area contributed by atoms with Crippen LogP contribution in [-0.2, 0) is 9.47 Å². The fourth-order valence-electron chi connectivity index (χ4n) is 5.16.